The summed E-state index contributed by atoms with van der Waals surface area (Å²) in [7, 11) is 0. The average Bonchev–Trinajstić information content (AvgIpc) is 1.63. The molecule has 0 saturated carbocycles. The van der Waals surface area contributed by atoms with E-state index in [0.29, 0.717) is 11.1 Å². The van der Waals surface area contributed by atoms with Crippen LogP contribution in [0.15, 0.2) is 0 Å². The lowest BCUT2D eigenvalue weighted by molar-refractivity contribution is 0.250. The molecule has 0 atom stereocenters. The van der Waals surface area contributed by atoms with Gasteiger partial charge in [0.15, 0.2) is 0 Å². The van der Waals surface area contributed by atoms with Crippen molar-refractivity contribution in [3.8, 4) is 0 Å². The van der Waals surface area contributed by atoms with Gasteiger partial charge in [0.25, 0.3) is 0 Å². The maximum atomic E-state index is 10.1. The van der Waals surface area contributed by atoms with Crippen molar-refractivity contribution >= 4 is 17.8 Å². The van der Waals surface area contributed by atoms with Crippen molar-refractivity contribution in [1.29, 1.82) is 0 Å². The van der Waals surface area contributed by atoms with E-state index >= 15 is 0 Å². The first kappa shape index (κ1) is 8.62. The van der Waals surface area contributed by atoms with E-state index in [1.807, 2.05) is 0 Å². The standard InChI is InChI=1S/C5H12N2OS/c1-4(2)9-3-7-5(6)8/h4H,3H2,1-2H3,(H3,6,7,8). The van der Waals surface area contributed by atoms with E-state index in [1.165, 1.54) is 0 Å². The number of carbonyl (C=O) groups is 1. The van der Waals surface area contributed by atoms with E-state index in [1.54, 1.807) is 11.8 Å². The summed E-state index contributed by atoms with van der Waals surface area (Å²) >= 11 is 1.65. The number of nitrogens with one attached hydrogen (secondary N) is 1. The molecule has 3 N–H and O–H groups in total. The minimum Gasteiger partial charge on any atom is -0.352 e. The monoisotopic (exact) mass is 148 g/mol. The lowest BCUT2D eigenvalue weighted by Gasteiger charge is -2.03. The van der Waals surface area contributed by atoms with Gasteiger partial charge in [0, 0.05) is 5.25 Å². The van der Waals surface area contributed by atoms with Crippen LogP contribution in [0, 0.1) is 0 Å². The van der Waals surface area contributed by atoms with Crippen LogP contribution in [0.2, 0.25) is 0 Å². The third-order valence-electron chi connectivity index (χ3n) is 0.663. The van der Waals surface area contributed by atoms with Crippen LogP contribution in [-0.2, 0) is 0 Å². The fourth-order valence-electron chi connectivity index (χ4n) is 0.279. The summed E-state index contributed by atoms with van der Waals surface area (Å²) in [5.41, 5.74) is 4.82. The molecule has 0 rings (SSSR count). The predicted octanol–water partition coefficient (Wildman–Crippen LogP) is 0.754. The number of nitrogens with two attached hydrogens (primary N) is 1. The van der Waals surface area contributed by atoms with Crippen LogP contribution in [0.1, 0.15) is 13.8 Å². The Morgan fingerprint density at radius 2 is 2.33 bits per heavy atom. The minimum atomic E-state index is -0.455. The maximum Gasteiger partial charge on any atom is 0.312 e. The Kier molecular flexibility index (Phi) is 4.30. The number of rotatable bonds is 3. The van der Waals surface area contributed by atoms with Crippen LogP contribution in [0.5, 0.6) is 0 Å². The number of carbonyl (C=O) groups excluding carboxylic acids is 1. The Hall–Kier alpha value is -0.380. The number of thioether (sulfide) groups is 1. The molecule has 0 aromatic carbocycles. The van der Waals surface area contributed by atoms with Crippen LogP contribution in [0.3, 0.4) is 0 Å². The van der Waals surface area contributed by atoms with Gasteiger partial charge in [-0.25, -0.2) is 4.79 Å². The van der Waals surface area contributed by atoms with Crippen molar-refractivity contribution < 1.29 is 4.79 Å². The van der Waals surface area contributed by atoms with Gasteiger partial charge in [-0.15, -0.1) is 11.8 Å². The summed E-state index contributed by atoms with van der Waals surface area (Å²) in [5.74, 6) is 0.604. The lowest BCUT2D eigenvalue weighted by Crippen LogP contribution is -2.29. The maximum absolute atomic E-state index is 10.1. The number of primary amides is 1. The summed E-state index contributed by atoms with van der Waals surface area (Å²) in [6, 6.07) is -0.455. The van der Waals surface area contributed by atoms with Gasteiger partial charge in [-0.05, 0) is 0 Å². The second-order valence-electron chi connectivity index (χ2n) is 1.90. The zero-order valence-corrected chi connectivity index (χ0v) is 6.49. The van der Waals surface area contributed by atoms with Gasteiger partial charge in [0.05, 0.1) is 5.88 Å². The molecule has 0 aromatic rings. The summed E-state index contributed by atoms with van der Waals surface area (Å²) in [5, 5.41) is 3.02. The molecule has 2 amide bonds. The van der Waals surface area contributed by atoms with E-state index in [2.05, 4.69) is 19.2 Å². The largest absolute Gasteiger partial charge is 0.352 e. The van der Waals surface area contributed by atoms with Gasteiger partial charge >= 0.3 is 6.03 Å². The number of hydrogen-bond acceptors (Lipinski definition) is 2. The summed E-state index contributed by atoms with van der Waals surface area (Å²) in [4.78, 5) is 10.1. The Morgan fingerprint density at radius 3 is 2.67 bits per heavy atom. The molecule has 0 fully saturated rings. The highest BCUT2D eigenvalue weighted by atomic mass is 32.2. The number of urea groups is 1. The molecule has 0 aromatic heterocycles. The summed E-state index contributed by atoms with van der Waals surface area (Å²) in [6.45, 7) is 4.13. The SMILES string of the molecule is CC(C)SCNC(N)=O. The van der Waals surface area contributed by atoms with E-state index < -0.39 is 6.03 Å². The van der Waals surface area contributed by atoms with E-state index in [4.69, 9.17) is 5.73 Å². The molecular weight excluding hydrogens is 136 g/mol. The Morgan fingerprint density at radius 1 is 1.78 bits per heavy atom. The van der Waals surface area contributed by atoms with Crippen LogP contribution >= 0.6 is 11.8 Å². The zero-order valence-electron chi connectivity index (χ0n) is 5.68. The van der Waals surface area contributed by atoms with Gasteiger partial charge < -0.3 is 11.1 Å². The molecule has 0 bridgehead atoms. The minimum absolute atomic E-state index is 0.455. The van der Waals surface area contributed by atoms with E-state index in [9.17, 15) is 4.79 Å². The van der Waals surface area contributed by atoms with Crippen molar-refractivity contribution in [3.05, 3.63) is 0 Å². The zero-order chi connectivity index (χ0) is 7.28. The fourth-order valence-corrected chi connectivity index (χ4v) is 0.838. The quantitative estimate of drug-likeness (QED) is 0.580. The highest BCUT2D eigenvalue weighted by Crippen LogP contribution is 2.05. The second kappa shape index (κ2) is 4.49. The van der Waals surface area contributed by atoms with Crippen LogP contribution < -0.4 is 11.1 Å². The lowest BCUT2D eigenvalue weighted by atomic mass is 10.6. The molecule has 3 nitrogen and oxygen atoms in total. The molecule has 0 radical (unpaired) electrons. The molecule has 0 heterocycles. The van der Waals surface area contributed by atoms with Gasteiger partial charge in [-0.3, -0.25) is 0 Å². The molecule has 0 spiro atoms. The molecule has 0 aliphatic carbocycles. The normalized spacial score (nSPS) is 9.67. The third-order valence-corrected chi connectivity index (χ3v) is 1.64. The Labute approximate surface area is 59.4 Å². The molecule has 54 valence electrons. The van der Waals surface area contributed by atoms with Crippen molar-refractivity contribution in [2.75, 3.05) is 5.88 Å². The van der Waals surface area contributed by atoms with Crippen molar-refractivity contribution in [1.82, 2.24) is 5.32 Å². The molecule has 4 heteroatoms. The molecule has 9 heavy (non-hydrogen) atoms. The first-order valence-electron chi connectivity index (χ1n) is 2.78. The number of hydrogen-bond donors (Lipinski definition) is 2. The summed E-state index contributed by atoms with van der Waals surface area (Å²) < 4.78 is 0. The molecule has 0 aliphatic heterocycles. The van der Waals surface area contributed by atoms with Crippen LogP contribution in [0.4, 0.5) is 4.79 Å². The van der Waals surface area contributed by atoms with Crippen molar-refractivity contribution in [2.45, 2.75) is 19.1 Å². The second-order valence-corrected chi connectivity index (χ2v) is 3.47. The topological polar surface area (TPSA) is 55.1 Å². The highest BCUT2D eigenvalue weighted by molar-refractivity contribution is 7.99. The summed E-state index contributed by atoms with van der Waals surface area (Å²) in [6.07, 6.45) is 0. The van der Waals surface area contributed by atoms with Crippen molar-refractivity contribution in [2.24, 2.45) is 5.73 Å². The molecule has 0 aliphatic rings. The highest BCUT2D eigenvalue weighted by Gasteiger charge is 1.93. The van der Waals surface area contributed by atoms with Crippen LogP contribution in [0.25, 0.3) is 0 Å². The number of amides is 2. The van der Waals surface area contributed by atoms with Gasteiger partial charge in [-0.1, -0.05) is 13.8 Å². The third kappa shape index (κ3) is 7.62. The molecule has 0 saturated heterocycles. The molecule has 0 unspecified atom stereocenters. The van der Waals surface area contributed by atoms with Crippen LogP contribution in [-0.4, -0.2) is 17.2 Å². The first-order chi connectivity index (χ1) is 4.13. The van der Waals surface area contributed by atoms with Crippen molar-refractivity contribution in [3.63, 3.8) is 0 Å². The van der Waals surface area contributed by atoms with Gasteiger partial charge in [0.1, 0.15) is 0 Å². The van der Waals surface area contributed by atoms with Gasteiger partial charge in [-0.2, -0.15) is 0 Å². The van der Waals surface area contributed by atoms with E-state index in [0.717, 1.165) is 0 Å². The smallest absolute Gasteiger partial charge is 0.312 e. The average molecular weight is 148 g/mol. The Balaban J connectivity index is 3.01. The fraction of sp³-hybridized carbons (Fsp3) is 0.800. The predicted molar refractivity (Wildman–Crippen MR) is 40.3 cm³/mol. The first-order valence-corrected chi connectivity index (χ1v) is 3.82. The van der Waals surface area contributed by atoms with Gasteiger partial charge in [0.2, 0.25) is 0 Å². The molecular formula is C5H12N2OS. The Bertz CT molecular complexity index is 95.0. The van der Waals surface area contributed by atoms with E-state index in [-0.39, 0.29) is 0 Å².